The summed E-state index contributed by atoms with van der Waals surface area (Å²) >= 11 is 7.12. The van der Waals surface area contributed by atoms with Crippen LogP contribution in [0.2, 0.25) is 0 Å². The Morgan fingerprint density at radius 1 is 1.12 bits per heavy atom. The molecule has 0 saturated carbocycles. The third-order valence-corrected chi connectivity index (χ3v) is 3.88. The van der Waals surface area contributed by atoms with Gasteiger partial charge < -0.3 is 4.57 Å². The zero-order chi connectivity index (χ0) is 12.1. The first-order valence-electron chi connectivity index (χ1n) is 5.60. The number of benzene rings is 1. The van der Waals surface area contributed by atoms with Crippen LogP contribution in [0.15, 0.2) is 53.6 Å². The summed E-state index contributed by atoms with van der Waals surface area (Å²) in [4.78, 5) is 1.32. The Balaban J connectivity index is 1.90. The Bertz CT molecular complexity index is 528. The highest BCUT2D eigenvalue weighted by atomic mass is 32.2. The van der Waals surface area contributed by atoms with Crippen LogP contribution in [0.3, 0.4) is 0 Å². The predicted octanol–water partition coefficient (Wildman–Crippen LogP) is 4.32. The highest BCUT2D eigenvalue weighted by Crippen LogP contribution is 2.18. The summed E-state index contributed by atoms with van der Waals surface area (Å²) in [6, 6.07) is 14.6. The largest absolute Gasteiger partial charge is 0.338 e. The van der Waals surface area contributed by atoms with Crippen molar-refractivity contribution in [3.8, 4) is 0 Å². The highest BCUT2D eigenvalue weighted by Gasteiger charge is 1.95. The second-order valence-corrected chi connectivity index (χ2v) is 5.48. The van der Waals surface area contributed by atoms with Crippen molar-refractivity contribution in [1.82, 2.24) is 4.57 Å². The maximum absolute atomic E-state index is 5.25. The van der Waals surface area contributed by atoms with E-state index in [2.05, 4.69) is 35.8 Å². The number of aryl methyl sites for hydroxylation is 2. The first-order valence-corrected chi connectivity index (χ1v) is 7.00. The molecule has 1 heterocycles. The molecule has 0 aliphatic carbocycles. The van der Waals surface area contributed by atoms with Crippen LogP contribution in [0, 0.1) is 11.6 Å². The first-order chi connectivity index (χ1) is 8.25. The van der Waals surface area contributed by atoms with Crippen LogP contribution in [0.5, 0.6) is 0 Å². The van der Waals surface area contributed by atoms with Crippen molar-refractivity contribution >= 4 is 24.0 Å². The Kier molecular flexibility index (Phi) is 4.40. The van der Waals surface area contributed by atoms with Crippen molar-refractivity contribution in [2.45, 2.75) is 18.4 Å². The van der Waals surface area contributed by atoms with Crippen LogP contribution in [0.1, 0.15) is 5.56 Å². The van der Waals surface area contributed by atoms with E-state index in [1.54, 1.807) is 0 Å². The van der Waals surface area contributed by atoms with Gasteiger partial charge in [-0.1, -0.05) is 36.0 Å². The van der Waals surface area contributed by atoms with Crippen LogP contribution < -0.4 is 0 Å². The highest BCUT2D eigenvalue weighted by molar-refractivity contribution is 7.99. The maximum atomic E-state index is 5.25. The zero-order valence-corrected chi connectivity index (χ0v) is 11.4. The number of rotatable bonds is 4. The summed E-state index contributed by atoms with van der Waals surface area (Å²) < 4.78 is 3.01. The van der Waals surface area contributed by atoms with Gasteiger partial charge in [0.25, 0.3) is 0 Å². The summed E-state index contributed by atoms with van der Waals surface area (Å²) in [7, 11) is 0. The van der Waals surface area contributed by atoms with Gasteiger partial charge in [-0.15, -0.1) is 11.8 Å². The molecule has 3 heteroatoms. The van der Waals surface area contributed by atoms with E-state index in [0.717, 1.165) is 16.9 Å². The van der Waals surface area contributed by atoms with Gasteiger partial charge in [0, 0.05) is 23.4 Å². The van der Waals surface area contributed by atoms with Crippen molar-refractivity contribution in [2.75, 3.05) is 5.75 Å². The second kappa shape index (κ2) is 6.03. The summed E-state index contributed by atoms with van der Waals surface area (Å²) in [5.74, 6) is 1.04. The molecule has 0 bridgehead atoms. The number of nitrogens with zero attached hydrogens (tertiary/aromatic N) is 1. The standard InChI is InChI=1S/C14H15NS2/c1-12-5-7-13(8-6-12)17-11-10-15-9-3-2-4-14(15)16/h2-9H,10-11H2,1H3. The van der Waals surface area contributed by atoms with Crippen LogP contribution in [0.4, 0.5) is 0 Å². The molecule has 2 aromatic rings. The average Bonchev–Trinajstić information content (AvgIpc) is 2.34. The summed E-state index contributed by atoms with van der Waals surface area (Å²) in [5, 5.41) is 0. The third-order valence-electron chi connectivity index (χ3n) is 2.52. The van der Waals surface area contributed by atoms with Crippen LogP contribution in [0.25, 0.3) is 0 Å². The number of pyridine rings is 1. The molecule has 1 nitrogen and oxygen atoms in total. The van der Waals surface area contributed by atoms with Crippen LogP contribution >= 0.6 is 24.0 Å². The van der Waals surface area contributed by atoms with Gasteiger partial charge in [0.15, 0.2) is 0 Å². The zero-order valence-electron chi connectivity index (χ0n) is 9.80. The Morgan fingerprint density at radius 3 is 2.59 bits per heavy atom. The number of hydrogen-bond acceptors (Lipinski definition) is 2. The van der Waals surface area contributed by atoms with Gasteiger partial charge in [0.05, 0.1) is 0 Å². The van der Waals surface area contributed by atoms with Crippen LogP contribution in [-0.2, 0) is 6.54 Å². The lowest BCUT2D eigenvalue weighted by Gasteiger charge is -2.06. The molecule has 1 aromatic carbocycles. The number of hydrogen-bond donors (Lipinski definition) is 0. The Labute approximate surface area is 111 Å². The van der Waals surface area contributed by atoms with Crippen molar-refractivity contribution in [3.63, 3.8) is 0 Å². The summed E-state index contributed by atoms with van der Waals surface area (Å²) in [5.41, 5.74) is 1.31. The van der Waals surface area contributed by atoms with E-state index in [1.807, 2.05) is 36.2 Å². The van der Waals surface area contributed by atoms with Crippen molar-refractivity contribution in [3.05, 3.63) is 58.9 Å². The molecule has 0 spiro atoms. The molecule has 1 aromatic heterocycles. The Hall–Kier alpha value is -1.06. The van der Waals surface area contributed by atoms with Gasteiger partial charge in [0.2, 0.25) is 0 Å². The molecule has 2 rings (SSSR count). The fourth-order valence-electron chi connectivity index (χ4n) is 1.54. The molecule has 17 heavy (non-hydrogen) atoms. The van der Waals surface area contributed by atoms with Gasteiger partial charge in [-0.25, -0.2) is 0 Å². The molecule has 88 valence electrons. The quantitative estimate of drug-likeness (QED) is 0.596. The monoisotopic (exact) mass is 261 g/mol. The second-order valence-electron chi connectivity index (χ2n) is 3.89. The normalized spacial score (nSPS) is 10.4. The third kappa shape index (κ3) is 3.72. The average molecular weight is 261 g/mol. The van der Waals surface area contributed by atoms with E-state index < -0.39 is 0 Å². The fourth-order valence-corrected chi connectivity index (χ4v) is 2.62. The van der Waals surface area contributed by atoms with E-state index in [1.165, 1.54) is 10.5 Å². The lowest BCUT2D eigenvalue weighted by molar-refractivity contribution is 0.753. The van der Waals surface area contributed by atoms with Gasteiger partial charge >= 0.3 is 0 Å². The summed E-state index contributed by atoms with van der Waals surface area (Å²) in [6.45, 7) is 3.07. The summed E-state index contributed by atoms with van der Waals surface area (Å²) in [6.07, 6.45) is 2.04. The molecule has 0 saturated heterocycles. The molecule has 0 aliphatic rings. The smallest absolute Gasteiger partial charge is 0.105 e. The van der Waals surface area contributed by atoms with Gasteiger partial charge in [-0.3, -0.25) is 0 Å². The first kappa shape index (κ1) is 12.4. The molecule has 0 aliphatic heterocycles. The van der Waals surface area contributed by atoms with Crippen molar-refractivity contribution in [1.29, 1.82) is 0 Å². The molecule has 0 fully saturated rings. The predicted molar refractivity (Wildman–Crippen MR) is 77.2 cm³/mol. The molecule has 0 amide bonds. The van der Waals surface area contributed by atoms with Crippen molar-refractivity contribution < 1.29 is 0 Å². The lowest BCUT2D eigenvalue weighted by atomic mass is 10.2. The minimum absolute atomic E-state index is 0.900. The molecule has 0 atom stereocenters. The minimum atomic E-state index is 0.900. The fraction of sp³-hybridized carbons (Fsp3) is 0.214. The van der Waals surface area contributed by atoms with Gasteiger partial charge in [0.1, 0.15) is 4.64 Å². The topological polar surface area (TPSA) is 4.93 Å². The van der Waals surface area contributed by atoms with Crippen LogP contribution in [-0.4, -0.2) is 10.3 Å². The van der Waals surface area contributed by atoms with E-state index in [9.17, 15) is 0 Å². The van der Waals surface area contributed by atoms with Crippen molar-refractivity contribution in [2.24, 2.45) is 0 Å². The Morgan fingerprint density at radius 2 is 1.88 bits per heavy atom. The lowest BCUT2D eigenvalue weighted by Crippen LogP contribution is -2.01. The SMILES string of the molecule is Cc1ccc(SCCn2ccccc2=S)cc1. The number of thioether (sulfide) groups is 1. The van der Waals surface area contributed by atoms with E-state index >= 15 is 0 Å². The van der Waals surface area contributed by atoms with E-state index in [4.69, 9.17) is 12.2 Å². The maximum Gasteiger partial charge on any atom is 0.105 e. The van der Waals surface area contributed by atoms with Gasteiger partial charge in [-0.05, 0) is 31.2 Å². The molecule has 0 N–H and O–H groups in total. The molecule has 0 unspecified atom stereocenters. The number of aromatic nitrogens is 1. The van der Waals surface area contributed by atoms with E-state index in [-0.39, 0.29) is 0 Å². The molecular weight excluding hydrogens is 246 g/mol. The minimum Gasteiger partial charge on any atom is -0.338 e. The molecular formula is C14H15NS2. The van der Waals surface area contributed by atoms with E-state index in [0.29, 0.717) is 0 Å². The van der Waals surface area contributed by atoms with Gasteiger partial charge in [-0.2, -0.15) is 0 Å². The molecule has 0 radical (unpaired) electrons.